The number of benzene rings is 1. The Balaban J connectivity index is 2.10. The van der Waals surface area contributed by atoms with Gasteiger partial charge in [-0.25, -0.2) is 4.79 Å². The van der Waals surface area contributed by atoms with Crippen molar-refractivity contribution in [1.82, 2.24) is 16.0 Å². The van der Waals surface area contributed by atoms with E-state index in [4.69, 9.17) is 0 Å². The van der Waals surface area contributed by atoms with Crippen molar-refractivity contribution in [2.24, 2.45) is 0 Å². The van der Waals surface area contributed by atoms with Gasteiger partial charge in [0.1, 0.15) is 0 Å². The zero-order valence-corrected chi connectivity index (χ0v) is 14.3. The van der Waals surface area contributed by atoms with Crippen LogP contribution in [0.4, 0.5) is 4.79 Å². The van der Waals surface area contributed by atoms with Crippen LogP contribution in [-0.4, -0.2) is 37.4 Å². The quantitative estimate of drug-likeness (QED) is 0.426. The van der Waals surface area contributed by atoms with Crippen LogP contribution >= 0.6 is 0 Å². The van der Waals surface area contributed by atoms with Crippen molar-refractivity contribution in [3.05, 3.63) is 35.9 Å². The van der Waals surface area contributed by atoms with E-state index in [1.54, 1.807) is 0 Å². The first-order chi connectivity index (χ1) is 11.6. The van der Waals surface area contributed by atoms with Gasteiger partial charge in [0, 0.05) is 13.1 Å². The number of nitrogens with one attached hydrogen (secondary N) is 3. The van der Waals surface area contributed by atoms with Gasteiger partial charge in [-0.3, -0.25) is 9.59 Å². The summed E-state index contributed by atoms with van der Waals surface area (Å²) in [6.07, 6.45) is 4.92. The number of carbonyl (C=O) groups excluding carboxylic acids is 3. The Bertz CT molecular complexity index is 518. The van der Waals surface area contributed by atoms with Crippen LogP contribution < -0.4 is 16.0 Å². The first-order valence-electron chi connectivity index (χ1n) is 8.50. The monoisotopic (exact) mass is 333 g/mol. The molecule has 0 aliphatic rings. The van der Waals surface area contributed by atoms with Crippen LogP contribution in [-0.2, 0) is 16.0 Å². The zero-order valence-electron chi connectivity index (χ0n) is 14.3. The molecule has 0 aliphatic heterocycles. The number of unbranched alkanes of at least 4 members (excludes halogenated alkanes) is 3. The molecule has 6 heteroatoms. The van der Waals surface area contributed by atoms with E-state index in [-0.39, 0.29) is 6.54 Å². The summed E-state index contributed by atoms with van der Waals surface area (Å²) in [5.41, 5.74) is 1.09. The van der Waals surface area contributed by atoms with Crippen LogP contribution in [0.25, 0.3) is 0 Å². The minimum atomic E-state index is -0.672. The average molecular weight is 333 g/mol. The molecule has 1 aromatic rings. The van der Waals surface area contributed by atoms with Gasteiger partial charge in [-0.05, 0) is 18.4 Å². The SMILES string of the molecule is CCCCCCNC(=O)NCC(=O)C(=O)NCCc1ccccc1. The molecule has 24 heavy (non-hydrogen) atoms. The fourth-order valence-electron chi connectivity index (χ4n) is 2.12. The lowest BCUT2D eigenvalue weighted by atomic mass is 10.1. The molecule has 1 rings (SSSR count). The normalized spacial score (nSPS) is 10.0. The topological polar surface area (TPSA) is 87.3 Å². The number of hydrogen-bond donors (Lipinski definition) is 3. The van der Waals surface area contributed by atoms with Gasteiger partial charge < -0.3 is 16.0 Å². The van der Waals surface area contributed by atoms with Crippen LogP contribution in [0.2, 0.25) is 0 Å². The Kier molecular flexibility index (Phi) is 9.92. The van der Waals surface area contributed by atoms with Crippen molar-refractivity contribution >= 4 is 17.7 Å². The molecule has 0 heterocycles. The van der Waals surface area contributed by atoms with Crippen LogP contribution in [0.3, 0.4) is 0 Å². The highest BCUT2D eigenvalue weighted by molar-refractivity contribution is 6.37. The molecular formula is C18H27N3O3. The predicted octanol–water partition coefficient (Wildman–Crippen LogP) is 1.79. The third kappa shape index (κ3) is 8.92. The second kappa shape index (κ2) is 12.1. The maximum Gasteiger partial charge on any atom is 0.315 e. The maximum atomic E-state index is 11.7. The lowest BCUT2D eigenvalue weighted by molar-refractivity contribution is -0.137. The van der Waals surface area contributed by atoms with Gasteiger partial charge in [0.05, 0.1) is 6.54 Å². The first kappa shape index (κ1) is 19.7. The van der Waals surface area contributed by atoms with E-state index in [0.29, 0.717) is 19.5 Å². The van der Waals surface area contributed by atoms with E-state index in [0.717, 1.165) is 31.2 Å². The van der Waals surface area contributed by atoms with Gasteiger partial charge in [0.25, 0.3) is 5.91 Å². The molecule has 0 bridgehead atoms. The minimum absolute atomic E-state index is 0.294. The number of rotatable bonds is 11. The van der Waals surface area contributed by atoms with Crippen molar-refractivity contribution in [3.8, 4) is 0 Å². The standard InChI is InChI=1S/C18H27N3O3/c1-2-3-4-8-12-20-18(24)21-14-16(22)17(23)19-13-11-15-9-6-5-7-10-15/h5-7,9-10H,2-4,8,11-14H2,1H3,(H,19,23)(H2,20,21,24). The highest BCUT2D eigenvalue weighted by Crippen LogP contribution is 1.98. The predicted molar refractivity (Wildman–Crippen MR) is 93.7 cm³/mol. The molecule has 1 aromatic carbocycles. The molecule has 0 saturated carbocycles. The zero-order chi connectivity index (χ0) is 17.6. The number of urea groups is 1. The maximum absolute atomic E-state index is 11.7. The Morgan fingerprint density at radius 2 is 1.62 bits per heavy atom. The van der Waals surface area contributed by atoms with Crippen LogP contribution in [0, 0.1) is 0 Å². The van der Waals surface area contributed by atoms with Crippen LogP contribution in [0.15, 0.2) is 30.3 Å². The van der Waals surface area contributed by atoms with Crippen molar-refractivity contribution in [2.45, 2.75) is 39.0 Å². The van der Waals surface area contributed by atoms with Gasteiger partial charge in [-0.15, -0.1) is 0 Å². The highest BCUT2D eigenvalue weighted by Gasteiger charge is 2.13. The number of amides is 3. The third-order valence-corrected chi connectivity index (χ3v) is 3.52. The second-order valence-corrected chi connectivity index (χ2v) is 5.58. The molecule has 132 valence electrons. The van der Waals surface area contributed by atoms with Gasteiger partial charge in [-0.1, -0.05) is 56.5 Å². The molecule has 6 nitrogen and oxygen atoms in total. The van der Waals surface area contributed by atoms with Gasteiger partial charge in [0.15, 0.2) is 0 Å². The number of ketones is 1. The molecule has 0 aliphatic carbocycles. The Hall–Kier alpha value is -2.37. The third-order valence-electron chi connectivity index (χ3n) is 3.52. The van der Waals surface area contributed by atoms with E-state index in [2.05, 4.69) is 22.9 Å². The summed E-state index contributed by atoms with van der Waals surface area (Å²) in [6.45, 7) is 2.79. The van der Waals surface area contributed by atoms with E-state index < -0.39 is 17.7 Å². The number of Topliss-reactive ketones (excluding diaryl/α,β-unsaturated/α-hetero) is 1. The molecular weight excluding hydrogens is 306 g/mol. The van der Waals surface area contributed by atoms with Crippen molar-refractivity contribution in [3.63, 3.8) is 0 Å². The smallest absolute Gasteiger partial charge is 0.315 e. The second-order valence-electron chi connectivity index (χ2n) is 5.58. The summed E-state index contributed by atoms with van der Waals surface area (Å²) in [4.78, 5) is 34.8. The number of carbonyl (C=O) groups is 3. The van der Waals surface area contributed by atoms with Gasteiger partial charge in [-0.2, -0.15) is 0 Å². The summed E-state index contributed by atoms with van der Waals surface area (Å²) in [5.74, 6) is -1.32. The lowest BCUT2D eigenvalue weighted by Crippen LogP contribution is -2.43. The lowest BCUT2D eigenvalue weighted by Gasteiger charge is -2.07. The van der Waals surface area contributed by atoms with Crippen molar-refractivity contribution in [2.75, 3.05) is 19.6 Å². The molecule has 3 amide bonds. The summed E-state index contributed by atoms with van der Waals surface area (Å²) < 4.78 is 0. The first-order valence-corrected chi connectivity index (χ1v) is 8.50. The van der Waals surface area contributed by atoms with E-state index in [9.17, 15) is 14.4 Å². The highest BCUT2D eigenvalue weighted by atomic mass is 16.2. The molecule has 0 aromatic heterocycles. The summed E-state index contributed by atoms with van der Waals surface area (Å²) in [5, 5.41) is 7.63. The van der Waals surface area contributed by atoms with Crippen molar-refractivity contribution in [1.29, 1.82) is 0 Å². The molecule has 0 fully saturated rings. The van der Waals surface area contributed by atoms with Crippen LogP contribution in [0.5, 0.6) is 0 Å². The molecule has 0 atom stereocenters. The fourth-order valence-corrected chi connectivity index (χ4v) is 2.12. The van der Waals surface area contributed by atoms with Gasteiger partial charge in [0.2, 0.25) is 5.78 Å². The van der Waals surface area contributed by atoms with E-state index in [1.165, 1.54) is 0 Å². The summed E-state index contributed by atoms with van der Waals surface area (Å²) in [6, 6.07) is 9.27. The van der Waals surface area contributed by atoms with E-state index >= 15 is 0 Å². The Morgan fingerprint density at radius 1 is 0.875 bits per heavy atom. The van der Waals surface area contributed by atoms with Crippen LogP contribution in [0.1, 0.15) is 38.2 Å². The molecule has 3 N–H and O–H groups in total. The Morgan fingerprint density at radius 3 is 2.33 bits per heavy atom. The fraction of sp³-hybridized carbons (Fsp3) is 0.500. The minimum Gasteiger partial charge on any atom is -0.349 e. The molecule has 0 radical (unpaired) electrons. The molecule has 0 spiro atoms. The summed E-state index contributed by atoms with van der Waals surface area (Å²) in [7, 11) is 0. The average Bonchev–Trinajstić information content (AvgIpc) is 2.60. The summed E-state index contributed by atoms with van der Waals surface area (Å²) >= 11 is 0. The largest absolute Gasteiger partial charge is 0.349 e. The molecule has 0 unspecified atom stereocenters. The van der Waals surface area contributed by atoms with E-state index in [1.807, 2.05) is 30.3 Å². The van der Waals surface area contributed by atoms with Crippen molar-refractivity contribution < 1.29 is 14.4 Å². The Labute approximate surface area is 143 Å². The van der Waals surface area contributed by atoms with Gasteiger partial charge >= 0.3 is 6.03 Å². The number of hydrogen-bond acceptors (Lipinski definition) is 3. The molecule has 0 saturated heterocycles.